The van der Waals surface area contributed by atoms with E-state index in [9.17, 15) is 5.11 Å². The van der Waals surface area contributed by atoms with E-state index in [2.05, 4.69) is 20.8 Å². The third-order valence-electron chi connectivity index (χ3n) is 4.33. The fraction of sp³-hybridized carbons (Fsp3) is 0.846. The highest BCUT2D eigenvalue weighted by atomic mass is 16.7. The van der Waals surface area contributed by atoms with Gasteiger partial charge in [-0.05, 0) is 11.5 Å². The summed E-state index contributed by atoms with van der Waals surface area (Å²) < 4.78 is 11.3. The zero-order valence-electron chi connectivity index (χ0n) is 10.6. The molecule has 3 nitrogen and oxygen atoms in total. The standard InChI is InChI=1S/C13H22O3/c1-5-8(2)12(14)11-7-16-13(4)9(3)10(11)6-15-13/h6,8-9,11-12,14H,5,7H2,1-4H3/t8-,9+,11-,12+,13-/m0/s1. The van der Waals surface area contributed by atoms with Crippen molar-refractivity contribution in [3.63, 3.8) is 0 Å². The van der Waals surface area contributed by atoms with Crippen LogP contribution in [0.1, 0.15) is 34.1 Å². The van der Waals surface area contributed by atoms with Gasteiger partial charge < -0.3 is 14.6 Å². The Morgan fingerprint density at radius 2 is 2.31 bits per heavy atom. The summed E-state index contributed by atoms with van der Waals surface area (Å²) in [7, 11) is 0. The van der Waals surface area contributed by atoms with Crippen molar-refractivity contribution in [2.45, 2.75) is 46.0 Å². The topological polar surface area (TPSA) is 38.7 Å². The van der Waals surface area contributed by atoms with Crippen molar-refractivity contribution < 1.29 is 14.6 Å². The van der Waals surface area contributed by atoms with Crippen molar-refractivity contribution in [2.24, 2.45) is 17.8 Å². The smallest absolute Gasteiger partial charge is 0.213 e. The molecule has 3 heteroatoms. The van der Waals surface area contributed by atoms with Gasteiger partial charge in [-0.2, -0.15) is 0 Å². The first kappa shape index (κ1) is 11.9. The first-order valence-corrected chi connectivity index (χ1v) is 6.19. The van der Waals surface area contributed by atoms with Gasteiger partial charge in [-0.3, -0.25) is 0 Å². The van der Waals surface area contributed by atoms with Gasteiger partial charge in [0.2, 0.25) is 5.79 Å². The molecule has 2 bridgehead atoms. The highest BCUT2D eigenvalue weighted by molar-refractivity contribution is 5.20. The minimum Gasteiger partial charge on any atom is -0.470 e. The van der Waals surface area contributed by atoms with Crippen LogP contribution >= 0.6 is 0 Å². The molecule has 0 aromatic rings. The molecule has 0 aromatic carbocycles. The third-order valence-corrected chi connectivity index (χ3v) is 4.33. The molecule has 2 rings (SSSR count). The van der Waals surface area contributed by atoms with Crippen LogP contribution in [-0.2, 0) is 9.47 Å². The zero-order chi connectivity index (χ0) is 11.9. The molecule has 2 aliphatic heterocycles. The van der Waals surface area contributed by atoms with Gasteiger partial charge in [-0.1, -0.05) is 27.2 Å². The average molecular weight is 226 g/mol. The summed E-state index contributed by atoms with van der Waals surface area (Å²) in [6.07, 6.45) is 2.45. The van der Waals surface area contributed by atoms with Gasteiger partial charge in [0.25, 0.3) is 0 Å². The Kier molecular flexibility index (Phi) is 3.01. The van der Waals surface area contributed by atoms with E-state index in [0.29, 0.717) is 12.5 Å². The third kappa shape index (κ3) is 1.66. The normalized spacial score (nSPS) is 41.2. The zero-order valence-corrected chi connectivity index (χ0v) is 10.6. The quantitative estimate of drug-likeness (QED) is 0.802. The molecular weight excluding hydrogens is 204 g/mol. The minimum absolute atomic E-state index is 0.0977. The predicted molar refractivity (Wildman–Crippen MR) is 61.6 cm³/mol. The highest BCUT2D eigenvalue weighted by Gasteiger charge is 2.49. The Morgan fingerprint density at radius 3 is 2.94 bits per heavy atom. The van der Waals surface area contributed by atoms with Gasteiger partial charge in [-0.25, -0.2) is 0 Å². The Morgan fingerprint density at radius 1 is 1.62 bits per heavy atom. The highest BCUT2D eigenvalue weighted by Crippen LogP contribution is 2.45. The number of rotatable bonds is 3. The van der Waals surface area contributed by atoms with E-state index in [1.54, 1.807) is 6.26 Å². The van der Waals surface area contributed by atoms with E-state index in [-0.39, 0.29) is 17.9 Å². The SMILES string of the molecule is CC[C@H](C)[C@@H](O)[C@H]1CO[C@]2(C)OC=C1[C@H]2C. The van der Waals surface area contributed by atoms with E-state index in [1.165, 1.54) is 5.57 Å². The maximum absolute atomic E-state index is 10.3. The van der Waals surface area contributed by atoms with E-state index in [1.807, 2.05) is 6.92 Å². The molecule has 5 atom stereocenters. The number of ether oxygens (including phenoxy) is 2. The van der Waals surface area contributed by atoms with Gasteiger partial charge in [0.05, 0.1) is 19.0 Å². The monoisotopic (exact) mass is 226 g/mol. The molecular formula is C13H22O3. The van der Waals surface area contributed by atoms with E-state index in [0.717, 1.165) is 6.42 Å². The van der Waals surface area contributed by atoms with Crippen molar-refractivity contribution in [3.05, 3.63) is 11.8 Å². The van der Waals surface area contributed by atoms with Gasteiger partial charge >= 0.3 is 0 Å². The number of hydrogen-bond acceptors (Lipinski definition) is 3. The summed E-state index contributed by atoms with van der Waals surface area (Å²) in [6.45, 7) is 8.82. The molecule has 1 N–H and O–H groups in total. The number of hydrogen-bond donors (Lipinski definition) is 1. The van der Waals surface area contributed by atoms with Crippen LogP contribution in [0.2, 0.25) is 0 Å². The summed E-state index contributed by atoms with van der Waals surface area (Å²) in [6, 6.07) is 0. The first-order valence-electron chi connectivity index (χ1n) is 6.19. The number of aliphatic hydroxyl groups excluding tert-OH is 1. The molecule has 0 amide bonds. The van der Waals surface area contributed by atoms with Crippen LogP contribution in [-0.4, -0.2) is 23.6 Å². The number of aliphatic hydroxyl groups is 1. The lowest BCUT2D eigenvalue weighted by molar-refractivity contribution is -0.225. The Labute approximate surface area is 97.4 Å². The average Bonchev–Trinajstić information content (AvgIpc) is 2.49. The molecule has 16 heavy (non-hydrogen) atoms. The predicted octanol–water partition coefficient (Wildman–Crippen LogP) is 2.31. The van der Waals surface area contributed by atoms with Crippen molar-refractivity contribution in [3.8, 4) is 0 Å². The molecule has 92 valence electrons. The summed E-state index contributed by atoms with van der Waals surface area (Å²) in [5, 5.41) is 10.3. The molecule has 0 aromatic heterocycles. The van der Waals surface area contributed by atoms with E-state index < -0.39 is 5.79 Å². The molecule has 0 radical (unpaired) electrons. The van der Waals surface area contributed by atoms with Crippen LogP contribution < -0.4 is 0 Å². The molecule has 0 aliphatic carbocycles. The van der Waals surface area contributed by atoms with Gasteiger partial charge in [0.1, 0.15) is 0 Å². The molecule has 1 fully saturated rings. The lowest BCUT2D eigenvalue weighted by atomic mass is 9.78. The van der Waals surface area contributed by atoms with Gasteiger partial charge in [0.15, 0.2) is 0 Å². The second kappa shape index (κ2) is 4.04. The molecule has 2 aliphatic rings. The molecule has 1 saturated heterocycles. The fourth-order valence-electron chi connectivity index (χ4n) is 2.54. The Hall–Kier alpha value is -0.540. The Balaban J connectivity index is 2.14. The van der Waals surface area contributed by atoms with Crippen molar-refractivity contribution >= 4 is 0 Å². The summed E-state index contributed by atoms with van der Waals surface area (Å²) >= 11 is 0. The second-order valence-corrected chi connectivity index (χ2v) is 5.27. The second-order valence-electron chi connectivity index (χ2n) is 5.27. The Bertz CT molecular complexity index is 300. The van der Waals surface area contributed by atoms with Crippen LogP contribution in [0.3, 0.4) is 0 Å². The molecule has 2 heterocycles. The van der Waals surface area contributed by atoms with Crippen LogP contribution in [0.15, 0.2) is 11.8 Å². The molecule has 0 unspecified atom stereocenters. The summed E-state index contributed by atoms with van der Waals surface area (Å²) in [4.78, 5) is 0. The molecule has 0 spiro atoms. The maximum Gasteiger partial charge on any atom is 0.213 e. The van der Waals surface area contributed by atoms with Crippen LogP contribution in [0, 0.1) is 17.8 Å². The van der Waals surface area contributed by atoms with Crippen molar-refractivity contribution in [1.82, 2.24) is 0 Å². The maximum atomic E-state index is 10.3. The fourth-order valence-corrected chi connectivity index (χ4v) is 2.54. The van der Waals surface area contributed by atoms with Gasteiger partial charge in [0, 0.05) is 18.8 Å². The largest absolute Gasteiger partial charge is 0.470 e. The van der Waals surface area contributed by atoms with Crippen LogP contribution in [0.25, 0.3) is 0 Å². The first-order chi connectivity index (χ1) is 7.49. The molecule has 0 saturated carbocycles. The van der Waals surface area contributed by atoms with E-state index in [4.69, 9.17) is 9.47 Å². The lowest BCUT2D eigenvalue weighted by Gasteiger charge is -2.39. The lowest BCUT2D eigenvalue weighted by Crippen LogP contribution is -2.46. The van der Waals surface area contributed by atoms with Crippen molar-refractivity contribution in [2.75, 3.05) is 6.61 Å². The summed E-state index contributed by atoms with van der Waals surface area (Å²) in [5.74, 6) is 0.137. The van der Waals surface area contributed by atoms with Crippen molar-refractivity contribution in [1.29, 1.82) is 0 Å². The minimum atomic E-state index is -0.499. The summed E-state index contributed by atoms with van der Waals surface area (Å²) in [5.41, 5.74) is 1.21. The van der Waals surface area contributed by atoms with Crippen LogP contribution in [0.5, 0.6) is 0 Å². The van der Waals surface area contributed by atoms with Gasteiger partial charge in [-0.15, -0.1) is 0 Å². The number of fused-ring (bicyclic) bond motifs is 2. The van der Waals surface area contributed by atoms with E-state index >= 15 is 0 Å². The van der Waals surface area contributed by atoms with Crippen LogP contribution in [0.4, 0.5) is 0 Å².